The fourth-order valence-corrected chi connectivity index (χ4v) is 3.96. The minimum atomic E-state index is -1.06. The zero-order valence-corrected chi connectivity index (χ0v) is 17.9. The van der Waals surface area contributed by atoms with E-state index in [9.17, 15) is 19.2 Å². The Hall–Kier alpha value is -3.85. The van der Waals surface area contributed by atoms with E-state index in [1.165, 1.54) is 18.3 Å². The second-order valence-electron chi connectivity index (χ2n) is 7.08. The predicted molar refractivity (Wildman–Crippen MR) is 118 cm³/mol. The van der Waals surface area contributed by atoms with Crippen LogP contribution in [0.25, 0.3) is 11.3 Å². The van der Waals surface area contributed by atoms with Gasteiger partial charge in [0.1, 0.15) is 0 Å². The van der Waals surface area contributed by atoms with Gasteiger partial charge in [0.25, 0.3) is 17.7 Å². The highest BCUT2D eigenvalue weighted by molar-refractivity contribution is 7.14. The average molecular weight is 449 g/mol. The van der Waals surface area contributed by atoms with Crippen LogP contribution in [-0.4, -0.2) is 46.2 Å². The minimum absolute atomic E-state index is 0.119. The number of nitrogens with one attached hydrogen (secondary N) is 1. The van der Waals surface area contributed by atoms with Gasteiger partial charge in [0.15, 0.2) is 11.2 Å². The predicted octanol–water partition coefficient (Wildman–Crippen LogP) is 3.37. The molecule has 3 aromatic rings. The number of nitrogens with zero attached hydrogens (tertiary/aromatic N) is 2. The number of amides is 3. The number of carbonyl (C=O) groups excluding carboxylic acids is 4. The number of ether oxygens (including phenoxy) is 1. The highest BCUT2D eigenvalue weighted by Gasteiger charge is 2.35. The quantitative estimate of drug-likeness (QED) is 0.438. The lowest BCUT2D eigenvalue weighted by molar-refractivity contribution is -0.153. The SMILES string of the molecule is CC(OC(=O)CCN1C(=O)c2ccccc2C1=O)C(=O)Nc1nc(-c2ccccc2)cs1. The van der Waals surface area contributed by atoms with Crippen LogP contribution >= 0.6 is 11.3 Å². The van der Waals surface area contributed by atoms with Gasteiger partial charge in [0.05, 0.1) is 23.2 Å². The molecule has 2 aromatic carbocycles. The number of hydrogen-bond acceptors (Lipinski definition) is 7. The van der Waals surface area contributed by atoms with Crippen LogP contribution in [0, 0.1) is 0 Å². The van der Waals surface area contributed by atoms with Gasteiger partial charge in [0.2, 0.25) is 0 Å². The Kier molecular flexibility index (Phi) is 6.09. The van der Waals surface area contributed by atoms with E-state index in [2.05, 4.69) is 10.3 Å². The number of imide groups is 1. The minimum Gasteiger partial charge on any atom is -0.452 e. The summed E-state index contributed by atoms with van der Waals surface area (Å²) in [6.45, 7) is 1.33. The van der Waals surface area contributed by atoms with Crippen LogP contribution in [0.3, 0.4) is 0 Å². The molecule has 9 heteroatoms. The molecule has 0 radical (unpaired) electrons. The maximum absolute atomic E-state index is 12.4. The van der Waals surface area contributed by atoms with Gasteiger partial charge in [-0.1, -0.05) is 42.5 Å². The third-order valence-electron chi connectivity index (χ3n) is 4.90. The number of esters is 1. The van der Waals surface area contributed by atoms with E-state index < -0.39 is 29.8 Å². The van der Waals surface area contributed by atoms with Crippen LogP contribution in [0.2, 0.25) is 0 Å². The van der Waals surface area contributed by atoms with Gasteiger partial charge in [-0.2, -0.15) is 0 Å². The van der Waals surface area contributed by atoms with E-state index in [4.69, 9.17) is 4.74 Å². The zero-order chi connectivity index (χ0) is 22.7. The van der Waals surface area contributed by atoms with E-state index in [1.54, 1.807) is 24.3 Å². The second kappa shape index (κ2) is 9.11. The van der Waals surface area contributed by atoms with Crippen molar-refractivity contribution in [2.75, 3.05) is 11.9 Å². The number of aromatic nitrogens is 1. The summed E-state index contributed by atoms with van der Waals surface area (Å²) in [6.07, 6.45) is -1.27. The molecule has 0 fully saturated rings. The lowest BCUT2D eigenvalue weighted by atomic mass is 10.1. The molecule has 162 valence electrons. The van der Waals surface area contributed by atoms with Crippen molar-refractivity contribution in [2.45, 2.75) is 19.4 Å². The Bertz CT molecular complexity index is 1160. The van der Waals surface area contributed by atoms with Crippen molar-refractivity contribution < 1.29 is 23.9 Å². The highest BCUT2D eigenvalue weighted by Crippen LogP contribution is 2.25. The maximum Gasteiger partial charge on any atom is 0.308 e. The molecule has 8 nitrogen and oxygen atoms in total. The van der Waals surface area contributed by atoms with E-state index in [0.717, 1.165) is 16.2 Å². The molecule has 1 unspecified atom stereocenters. The van der Waals surface area contributed by atoms with E-state index in [0.29, 0.717) is 16.3 Å². The average Bonchev–Trinajstić information content (AvgIpc) is 3.36. The second-order valence-corrected chi connectivity index (χ2v) is 7.94. The lowest BCUT2D eigenvalue weighted by Gasteiger charge is -2.15. The standard InChI is InChI=1S/C23H19N3O5S/c1-14(20(28)25-23-24-18(13-32-23)15-7-3-2-4-8-15)31-19(27)11-12-26-21(29)16-9-5-6-10-17(16)22(26)30/h2-10,13-14H,11-12H2,1H3,(H,24,25,28). The highest BCUT2D eigenvalue weighted by atomic mass is 32.1. The molecule has 32 heavy (non-hydrogen) atoms. The first-order chi connectivity index (χ1) is 15.4. The van der Waals surface area contributed by atoms with Gasteiger partial charge in [-0.25, -0.2) is 4.98 Å². The molecule has 4 rings (SSSR count). The Morgan fingerprint density at radius 1 is 1.03 bits per heavy atom. The summed E-state index contributed by atoms with van der Waals surface area (Å²) in [6, 6.07) is 16.0. The summed E-state index contributed by atoms with van der Waals surface area (Å²) in [5.74, 6) is -2.09. The molecule has 1 N–H and O–H groups in total. The maximum atomic E-state index is 12.4. The van der Waals surface area contributed by atoms with Crippen LogP contribution < -0.4 is 5.32 Å². The van der Waals surface area contributed by atoms with Crippen LogP contribution in [0.4, 0.5) is 5.13 Å². The van der Waals surface area contributed by atoms with Gasteiger partial charge in [0, 0.05) is 17.5 Å². The van der Waals surface area contributed by atoms with Crippen LogP contribution in [0.15, 0.2) is 60.0 Å². The first-order valence-corrected chi connectivity index (χ1v) is 10.8. The molecular weight excluding hydrogens is 430 g/mol. The fourth-order valence-electron chi connectivity index (χ4n) is 3.23. The monoisotopic (exact) mass is 449 g/mol. The largest absolute Gasteiger partial charge is 0.452 e. The Balaban J connectivity index is 1.28. The van der Waals surface area contributed by atoms with Gasteiger partial charge in [-0.3, -0.25) is 29.4 Å². The van der Waals surface area contributed by atoms with Crippen molar-refractivity contribution in [1.82, 2.24) is 9.88 Å². The summed E-state index contributed by atoms with van der Waals surface area (Å²) in [5, 5.41) is 4.85. The normalized spacial score (nSPS) is 13.6. The Morgan fingerprint density at radius 2 is 1.66 bits per heavy atom. The first-order valence-electron chi connectivity index (χ1n) is 9.90. The number of anilines is 1. The van der Waals surface area contributed by atoms with Crippen LogP contribution in [0.1, 0.15) is 34.1 Å². The summed E-state index contributed by atoms with van der Waals surface area (Å²) in [5.41, 5.74) is 2.29. The Morgan fingerprint density at radius 3 is 2.31 bits per heavy atom. The van der Waals surface area contributed by atoms with E-state index in [1.807, 2.05) is 35.7 Å². The van der Waals surface area contributed by atoms with Crippen molar-refractivity contribution in [1.29, 1.82) is 0 Å². The van der Waals surface area contributed by atoms with E-state index in [-0.39, 0.29) is 13.0 Å². The number of rotatable bonds is 7. The molecule has 2 heterocycles. The third-order valence-corrected chi connectivity index (χ3v) is 5.66. The number of benzene rings is 2. The molecule has 1 aliphatic rings. The molecule has 1 aliphatic heterocycles. The van der Waals surface area contributed by atoms with Gasteiger partial charge >= 0.3 is 5.97 Å². The molecular formula is C23H19N3O5S. The van der Waals surface area contributed by atoms with Crippen molar-refractivity contribution in [3.05, 3.63) is 71.1 Å². The number of carbonyl (C=O) groups is 4. The third kappa shape index (κ3) is 4.42. The summed E-state index contributed by atoms with van der Waals surface area (Å²) < 4.78 is 5.16. The number of hydrogen-bond donors (Lipinski definition) is 1. The van der Waals surface area contributed by atoms with Gasteiger partial charge < -0.3 is 4.74 Å². The summed E-state index contributed by atoms with van der Waals surface area (Å²) in [7, 11) is 0. The topological polar surface area (TPSA) is 106 Å². The zero-order valence-electron chi connectivity index (χ0n) is 17.1. The summed E-state index contributed by atoms with van der Waals surface area (Å²) >= 11 is 1.27. The van der Waals surface area contributed by atoms with E-state index >= 15 is 0 Å². The van der Waals surface area contributed by atoms with Crippen molar-refractivity contribution in [2.24, 2.45) is 0 Å². The number of fused-ring (bicyclic) bond motifs is 1. The van der Waals surface area contributed by atoms with Gasteiger partial charge in [-0.15, -0.1) is 11.3 Å². The first kappa shape index (κ1) is 21.4. The molecule has 0 saturated carbocycles. The fraction of sp³-hybridized carbons (Fsp3) is 0.174. The summed E-state index contributed by atoms with van der Waals surface area (Å²) in [4.78, 5) is 54.6. The van der Waals surface area contributed by atoms with Gasteiger partial charge in [-0.05, 0) is 19.1 Å². The van der Waals surface area contributed by atoms with Crippen LogP contribution in [-0.2, 0) is 14.3 Å². The molecule has 0 saturated heterocycles. The molecule has 0 aliphatic carbocycles. The van der Waals surface area contributed by atoms with Crippen molar-refractivity contribution >= 4 is 40.2 Å². The molecule has 1 atom stereocenters. The molecule has 0 bridgehead atoms. The molecule has 1 aromatic heterocycles. The molecule has 3 amide bonds. The van der Waals surface area contributed by atoms with Crippen LogP contribution in [0.5, 0.6) is 0 Å². The Labute approximate surface area is 187 Å². The van der Waals surface area contributed by atoms with Crippen molar-refractivity contribution in [3.8, 4) is 11.3 Å². The lowest BCUT2D eigenvalue weighted by Crippen LogP contribution is -2.34. The molecule has 0 spiro atoms. The van der Waals surface area contributed by atoms with Crippen molar-refractivity contribution in [3.63, 3.8) is 0 Å². The smallest absolute Gasteiger partial charge is 0.308 e. The number of thiazole rings is 1.